The fourth-order valence-corrected chi connectivity index (χ4v) is 12.8. The first-order valence-electron chi connectivity index (χ1n) is 38.1. The number of carbonyl (C=O) groups is 4. The van der Waals surface area contributed by atoms with Gasteiger partial charge >= 0.3 is 39.5 Å². The molecule has 92 heavy (non-hydrogen) atoms. The molecule has 0 aromatic heterocycles. The molecule has 17 nitrogen and oxygen atoms in total. The molecule has 0 aliphatic carbocycles. The quantitative estimate of drug-likeness (QED) is 0.0222. The summed E-state index contributed by atoms with van der Waals surface area (Å²) in [6, 6.07) is 0. The van der Waals surface area contributed by atoms with Gasteiger partial charge in [-0.05, 0) is 31.6 Å². The maximum absolute atomic E-state index is 13.1. The SMILES string of the molecule is CCCCCCCCCCCCCCCCCCC(=O)OC[C@H](COP(=O)(O)OC[C@@H](O)COP(=O)(O)OC[C@@H](COC(=O)CCCCCCCCC(C)C)OC(=O)CCCCCCCCCCCCC)OC(=O)CCCCCCCCCCCCCCCCCC. The Kier molecular flexibility index (Phi) is 64.9. The van der Waals surface area contributed by atoms with Crippen LogP contribution in [0.4, 0.5) is 0 Å². The second-order valence-electron chi connectivity index (χ2n) is 26.8. The molecule has 546 valence electrons. The largest absolute Gasteiger partial charge is 0.472 e. The van der Waals surface area contributed by atoms with Crippen molar-refractivity contribution in [3.63, 3.8) is 0 Å². The summed E-state index contributed by atoms with van der Waals surface area (Å²) in [6.45, 7) is 7.19. The molecular formula is C73H142O17P2. The number of aliphatic hydroxyl groups excluding tert-OH is 1. The molecule has 2 unspecified atom stereocenters. The molecular weight excluding hydrogens is 1210 g/mol. The molecule has 0 aromatic carbocycles. The number of unbranched alkanes of at least 4 members (excludes halogenated alkanes) is 45. The van der Waals surface area contributed by atoms with Gasteiger partial charge in [0.05, 0.1) is 26.4 Å². The maximum atomic E-state index is 13.1. The van der Waals surface area contributed by atoms with E-state index in [-0.39, 0.29) is 25.7 Å². The molecule has 0 fully saturated rings. The monoisotopic (exact) mass is 1350 g/mol. The van der Waals surface area contributed by atoms with Crippen LogP contribution in [-0.2, 0) is 65.4 Å². The van der Waals surface area contributed by atoms with Gasteiger partial charge in [0.1, 0.15) is 19.3 Å². The van der Waals surface area contributed by atoms with E-state index in [9.17, 15) is 43.2 Å². The highest BCUT2D eigenvalue weighted by Crippen LogP contribution is 2.45. The average molecular weight is 1350 g/mol. The van der Waals surface area contributed by atoms with Crippen LogP contribution in [0.5, 0.6) is 0 Å². The van der Waals surface area contributed by atoms with E-state index < -0.39 is 97.5 Å². The van der Waals surface area contributed by atoms with Gasteiger partial charge in [-0.3, -0.25) is 37.3 Å². The molecule has 0 bridgehead atoms. The molecule has 0 amide bonds. The maximum Gasteiger partial charge on any atom is 0.472 e. The summed E-state index contributed by atoms with van der Waals surface area (Å²) in [4.78, 5) is 72.6. The lowest BCUT2D eigenvalue weighted by atomic mass is 10.0. The molecule has 0 radical (unpaired) electrons. The summed E-state index contributed by atoms with van der Waals surface area (Å²) >= 11 is 0. The first kappa shape index (κ1) is 90.1. The van der Waals surface area contributed by atoms with Crippen molar-refractivity contribution in [1.82, 2.24) is 0 Å². The summed E-state index contributed by atoms with van der Waals surface area (Å²) in [7, 11) is -9.90. The fraction of sp³-hybridized carbons (Fsp3) is 0.945. The van der Waals surface area contributed by atoms with Crippen LogP contribution in [0.25, 0.3) is 0 Å². The highest BCUT2D eigenvalue weighted by molar-refractivity contribution is 7.47. The number of phosphoric acid groups is 2. The Morgan fingerprint density at radius 2 is 0.500 bits per heavy atom. The molecule has 0 heterocycles. The van der Waals surface area contributed by atoms with E-state index in [1.807, 2.05) is 0 Å². The van der Waals surface area contributed by atoms with Gasteiger partial charge in [-0.15, -0.1) is 0 Å². The number of hydrogen-bond acceptors (Lipinski definition) is 15. The van der Waals surface area contributed by atoms with Gasteiger partial charge in [0, 0.05) is 25.7 Å². The van der Waals surface area contributed by atoms with Crippen molar-refractivity contribution < 1.29 is 80.2 Å². The third-order valence-corrected chi connectivity index (χ3v) is 18.9. The molecule has 0 aliphatic rings. The smallest absolute Gasteiger partial charge is 0.462 e. The van der Waals surface area contributed by atoms with E-state index >= 15 is 0 Å². The predicted molar refractivity (Wildman–Crippen MR) is 372 cm³/mol. The molecule has 0 aromatic rings. The number of ether oxygens (including phenoxy) is 4. The molecule has 0 rings (SSSR count). The van der Waals surface area contributed by atoms with Crippen molar-refractivity contribution in [3.05, 3.63) is 0 Å². The van der Waals surface area contributed by atoms with Crippen molar-refractivity contribution in [1.29, 1.82) is 0 Å². The second kappa shape index (κ2) is 66.3. The van der Waals surface area contributed by atoms with Crippen molar-refractivity contribution in [2.45, 2.75) is 400 Å². The Morgan fingerprint density at radius 3 is 0.739 bits per heavy atom. The first-order valence-corrected chi connectivity index (χ1v) is 41.1. The van der Waals surface area contributed by atoms with Gasteiger partial charge in [0.2, 0.25) is 0 Å². The van der Waals surface area contributed by atoms with Crippen LogP contribution in [-0.4, -0.2) is 96.7 Å². The van der Waals surface area contributed by atoms with E-state index in [0.29, 0.717) is 31.6 Å². The van der Waals surface area contributed by atoms with Crippen LogP contribution in [0.1, 0.15) is 381 Å². The van der Waals surface area contributed by atoms with Crippen molar-refractivity contribution >= 4 is 39.5 Å². The Bertz CT molecular complexity index is 1770. The van der Waals surface area contributed by atoms with Crippen molar-refractivity contribution in [2.24, 2.45) is 5.92 Å². The van der Waals surface area contributed by atoms with E-state index in [1.165, 1.54) is 199 Å². The highest BCUT2D eigenvalue weighted by Gasteiger charge is 2.30. The first-order chi connectivity index (χ1) is 44.5. The third kappa shape index (κ3) is 66.7. The van der Waals surface area contributed by atoms with E-state index in [0.717, 1.165) is 96.3 Å². The van der Waals surface area contributed by atoms with Gasteiger partial charge in [-0.25, -0.2) is 9.13 Å². The van der Waals surface area contributed by atoms with Gasteiger partial charge in [0.25, 0.3) is 0 Å². The van der Waals surface area contributed by atoms with Crippen molar-refractivity contribution in [2.75, 3.05) is 39.6 Å². The normalized spacial score (nSPS) is 14.0. The lowest BCUT2D eigenvalue weighted by Crippen LogP contribution is -2.30. The van der Waals surface area contributed by atoms with Crippen LogP contribution >= 0.6 is 15.6 Å². The van der Waals surface area contributed by atoms with Gasteiger partial charge in [0.15, 0.2) is 12.2 Å². The number of hydrogen-bond donors (Lipinski definition) is 3. The zero-order valence-corrected chi connectivity index (χ0v) is 61.5. The lowest BCUT2D eigenvalue weighted by Gasteiger charge is -2.21. The predicted octanol–water partition coefficient (Wildman–Crippen LogP) is 21.3. The molecule has 0 saturated heterocycles. The second-order valence-corrected chi connectivity index (χ2v) is 29.7. The highest BCUT2D eigenvalue weighted by atomic mass is 31.2. The van der Waals surface area contributed by atoms with Crippen molar-refractivity contribution in [3.8, 4) is 0 Å². The Hall–Kier alpha value is -1.94. The summed E-state index contributed by atoms with van der Waals surface area (Å²) in [6.07, 6.45) is 54.2. The Labute approximate surface area is 562 Å². The number of aliphatic hydroxyl groups is 1. The van der Waals surface area contributed by atoms with Crippen LogP contribution in [0.2, 0.25) is 0 Å². The number of esters is 4. The standard InChI is InChI=1S/C73H142O17P2/c1-6-9-12-15-18-21-24-26-28-30-32-35-37-40-46-51-56-70(75)83-62-68(89-73(78)59-54-49-42-39-36-33-31-29-27-25-22-19-16-13-10-7-2)64-87-91(79,80)85-60-67(74)61-86-92(81,82)88-65-69(63-84-71(76)57-52-47-44-43-45-50-55-66(4)5)90-72(77)58-53-48-41-38-34-23-20-17-14-11-8-3/h66-69,74H,6-65H2,1-5H3,(H,79,80)(H,81,82)/t67-,68-,69-/m1/s1. The minimum absolute atomic E-state index is 0.106. The topological polar surface area (TPSA) is 237 Å². The third-order valence-electron chi connectivity index (χ3n) is 17.0. The minimum Gasteiger partial charge on any atom is -0.462 e. The summed E-state index contributed by atoms with van der Waals surface area (Å²) in [5, 5.41) is 10.6. The van der Waals surface area contributed by atoms with Gasteiger partial charge in [-0.2, -0.15) is 0 Å². The fourth-order valence-electron chi connectivity index (χ4n) is 11.2. The van der Waals surface area contributed by atoms with Gasteiger partial charge < -0.3 is 33.8 Å². The average Bonchev–Trinajstić information content (AvgIpc) is 1.84. The number of carbonyl (C=O) groups excluding carboxylic acids is 4. The zero-order valence-electron chi connectivity index (χ0n) is 59.7. The van der Waals surface area contributed by atoms with E-state index in [4.69, 9.17) is 37.0 Å². The van der Waals surface area contributed by atoms with Crippen LogP contribution in [0.15, 0.2) is 0 Å². The summed E-state index contributed by atoms with van der Waals surface area (Å²) < 4.78 is 68.4. The van der Waals surface area contributed by atoms with Crippen LogP contribution in [0, 0.1) is 5.92 Å². The molecule has 5 atom stereocenters. The van der Waals surface area contributed by atoms with E-state index in [2.05, 4.69) is 34.6 Å². The van der Waals surface area contributed by atoms with Gasteiger partial charge in [-0.1, -0.05) is 330 Å². The van der Waals surface area contributed by atoms with Crippen LogP contribution < -0.4 is 0 Å². The summed E-state index contributed by atoms with van der Waals surface area (Å²) in [5.74, 6) is -1.44. The Balaban J connectivity index is 5.22. The van der Waals surface area contributed by atoms with E-state index in [1.54, 1.807) is 0 Å². The zero-order chi connectivity index (χ0) is 67.7. The lowest BCUT2D eigenvalue weighted by molar-refractivity contribution is -0.161. The molecule has 0 spiro atoms. The number of rotatable bonds is 73. The Morgan fingerprint density at radius 1 is 0.293 bits per heavy atom. The minimum atomic E-state index is -4.95. The number of phosphoric ester groups is 2. The molecule has 3 N–H and O–H groups in total. The molecule has 0 aliphatic heterocycles. The molecule has 19 heteroatoms. The molecule has 0 saturated carbocycles. The summed E-state index contributed by atoms with van der Waals surface area (Å²) in [5.41, 5.74) is 0. The van der Waals surface area contributed by atoms with Crippen LogP contribution in [0.3, 0.4) is 0 Å².